The fraction of sp³-hybridized carbons (Fsp3) is 0.400. The predicted molar refractivity (Wildman–Crippen MR) is 102 cm³/mol. The number of amides is 1. The standard InChI is InChI=1S/C20H25N3O3/c1-6-25-17-11-16-9-12(2)26-18(16)10-15(17)7-8-19(24)21-20-13(3)14(4)22-23(20)5/h7-8,10-12H,6,9H2,1-5H3,(H,21,24)/b8-7+. The van der Waals surface area contributed by atoms with Crippen LogP contribution in [0.5, 0.6) is 11.5 Å². The van der Waals surface area contributed by atoms with E-state index in [1.54, 1.807) is 10.8 Å². The van der Waals surface area contributed by atoms with Crippen molar-refractivity contribution in [1.29, 1.82) is 0 Å². The summed E-state index contributed by atoms with van der Waals surface area (Å²) < 4.78 is 13.2. The minimum atomic E-state index is -0.215. The van der Waals surface area contributed by atoms with Crippen molar-refractivity contribution < 1.29 is 14.3 Å². The summed E-state index contributed by atoms with van der Waals surface area (Å²) in [6, 6.07) is 3.95. The molecular weight excluding hydrogens is 330 g/mol. The van der Waals surface area contributed by atoms with Crippen LogP contribution in [0.2, 0.25) is 0 Å². The lowest BCUT2D eigenvalue weighted by molar-refractivity contribution is -0.111. The van der Waals surface area contributed by atoms with Gasteiger partial charge in [-0.1, -0.05) is 0 Å². The van der Waals surface area contributed by atoms with E-state index in [-0.39, 0.29) is 12.0 Å². The highest BCUT2D eigenvalue weighted by Gasteiger charge is 2.21. The third kappa shape index (κ3) is 3.59. The van der Waals surface area contributed by atoms with Crippen molar-refractivity contribution in [2.24, 2.45) is 7.05 Å². The van der Waals surface area contributed by atoms with Crippen LogP contribution in [0.4, 0.5) is 5.82 Å². The molecule has 0 fully saturated rings. The fourth-order valence-electron chi connectivity index (χ4n) is 3.13. The van der Waals surface area contributed by atoms with Gasteiger partial charge in [0, 0.05) is 36.2 Å². The van der Waals surface area contributed by atoms with Gasteiger partial charge >= 0.3 is 0 Å². The maximum atomic E-state index is 12.3. The number of carbonyl (C=O) groups excluding carboxylic acids is 1. The van der Waals surface area contributed by atoms with Crippen LogP contribution in [0.15, 0.2) is 18.2 Å². The van der Waals surface area contributed by atoms with E-state index in [1.807, 2.05) is 46.9 Å². The molecule has 1 aromatic heterocycles. The van der Waals surface area contributed by atoms with Crippen LogP contribution in [0.1, 0.15) is 36.2 Å². The molecule has 0 aliphatic carbocycles. The van der Waals surface area contributed by atoms with Crippen LogP contribution in [-0.2, 0) is 18.3 Å². The second kappa shape index (κ2) is 7.23. The van der Waals surface area contributed by atoms with Gasteiger partial charge in [0.05, 0.1) is 12.3 Å². The van der Waals surface area contributed by atoms with Crippen molar-refractivity contribution in [2.45, 2.75) is 40.2 Å². The van der Waals surface area contributed by atoms with Crippen LogP contribution in [0.3, 0.4) is 0 Å². The van der Waals surface area contributed by atoms with E-state index in [9.17, 15) is 4.79 Å². The molecule has 1 aliphatic heterocycles. The summed E-state index contributed by atoms with van der Waals surface area (Å²) in [6.07, 6.45) is 4.30. The molecule has 0 saturated carbocycles. The van der Waals surface area contributed by atoms with Gasteiger partial charge in [-0.05, 0) is 45.9 Å². The lowest BCUT2D eigenvalue weighted by Gasteiger charge is -2.10. The summed E-state index contributed by atoms with van der Waals surface area (Å²) in [5.74, 6) is 2.11. The number of benzene rings is 1. The Morgan fingerprint density at radius 2 is 2.23 bits per heavy atom. The van der Waals surface area contributed by atoms with E-state index in [2.05, 4.69) is 10.4 Å². The van der Waals surface area contributed by atoms with Crippen LogP contribution in [0.25, 0.3) is 6.08 Å². The molecular formula is C20H25N3O3. The molecule has 0 saturated heterocycles. The summed E-state index contributed by atoms with van der Waals surface area (Å²) in [5, 5.41) is 7.19. The number of fused-ring (bicyclic) bond motifs is 1. The number of hydrogen-bond acceptors (Lipinski definition) is 4. The zero-order chi connectivity index (χ0) is 18.8. The summed E-state index contributed by atoms with van der Waals surface area (Å²) >= 11 is 0. The Morgan fingerprint density at radius 1 is 1.46 bits per heavy atom. The average molecular weight is 355 g/mol. The van der Waals surface area contributed by atoms with E-state index >= 15 is 0 Å². The first-order chi connectivity index (χ1) is 12.4. The maximum absolute atomic E-state index is 12.3. The van der Waals surface area contributed by atoms with Gasteiger partial charge in [-0.2, -0.15) is 5.10 Å². The normalized spacial score (nSPS) is 15.8. The molecule has 0 spiro atoms. The Labute approximate surface area is 153 Å². The van der Waals surface area contributed by atoms with E-state index < -0.39 is 0 Å². The van der Waals surface area contributed by atoms with Gasteiger partial charge in [-0.15, -0.1) is 0 Å². The Kier molecular flexibility index (Phi) is 5.02. The van der Waals surface area contributed by atoms with Gasteiger partial charge in [0.25, 0.3) is 0 Å². The molecule has 0 radical (unpaired) electrons. The quantitative estimate of drug-likeness (QED) is 0.835. The molecule has 6 nitrogen and oxygen atoms in total. The van der Waals surface area contributed by atoms with Crippen LogP contribution >= 0.6 is 0 Å². The lowest BCUT2D eigenvalue weighted by Crippen LogP contribution is -2.12. The minimum absolute atomic E-state index is 0.165. The van der Waals surface area contributed by atoms with E-state index in [0.29, 0.717) is 12.4 Å². The zero-order valence-electron chi connectivity index (χ0n) is 15.9. The number of nitrogens with zero attached hydrogens (tertiary/aromatic N) is 2. The number of ether oxygens (including phenoxy) is 2. The Balaban J connectivity index is 1.81. The van der Waals surface area contributed by atoms with E-state index in [1.165, 1.54) is 6.08 Å². The van der Waals surface area contributed by atoms with Crippen molar-refractivity contribution in [3.63, 3.8) is 0 Å². The van der Waals surface area contributed by atoms with Crippen LogP contribution in [-0.4, -0.2) is 28.4 Å². The van der Waals surface area contributed by atoms with Gasteiger partial charge in [0.15, 0.2) is 0 Å². The monoisotopic (exact) mass is 355 g/mol. The summed E-state index contributed by atoms with van der Waals surface area (Å²) in [4.78, 5) is 12.3. The molecule has 2 aromatic rings. The lowest BCUT2D eigenvalue weighted by atomic mass is 10.1. The molecule has 138 valence electrons. The van der Waals surface area contributed by atoms with Gasteiger partial charge < -0.3 is 14.8 Å². The van der Waals surface area contributed by atoms with Crippen LogP contribution < -0.4 is 14.8 Å². The van der Waals surface area contributed by atoms with Crippen molar-refractivity contribution in [1.82, 2.24) is 9.78 Å². The Bertz CT molecular complexity index is 868. The van der Waals surface area contributed by atoms with Gasteiger partial charge in [0.2, 0.25) is 5.91 Å². The number of anilines is 1. The molecule has 1 amide bonds. The number of hydrogen-bond donors (Lipinski definition) is 1. The fourth-order valence-corrected chi connectivity index (χ4v) is 3.13. The SMILES string of the molecule is CCOc1cc2c(cc1/C=C/C(=O)Nc1c(C)c(C)nn1C)OC(C)C2. The molecule has 1 aliphatic rings. The van der Waals surface area contributed by atoms with Crippen molar-refractivity contribution in [3.05, 3.63) is 40.6 Å². The maximum Gasteiger partial charge on any atom is 0.249 e. The molecule has 1 N–H and O–H groups in total. The second-order valence-electron chi connectivity index (χ2n) is 6.57. The first-order valence-corrected chi connectivity index (χ1v) is 8.84. The molecule has 2 heterocycles. The van der Waals surface area contributed by atoms with Crippen molar-refractivity contribution in [3.8, 4) is 11.5 Å². The summed E-state index contributed by atoms with van der Waals surface area (Å²) in [5.41, 5.74) is 3.83. The smallest absolute Gasteiger partial charge is 0.249 e. The van der Waals surface area contributed by atoms with Gasteiger partial charge in [-0.25, -0.2) is 0 Å². The van der Waals surface area contributed by atoms with Gasteiger partial charge in [-0.3, -0.25) is 9.48 Å². The molecule has 3 rings (SSSR count). The molecule has 26 heavy (non-hydrogen) atoms. The number of nitrogens with one attached hydrogen (secondary N) is 1. The van der Waals surface area contributed by atoms with Crippen molar-refractivity contribution in [2.75, 3.05) is 11.9 Å². The largest absolute Gasteiger partial charge is 0.493 e. The highest BCUT2D eigenvalue weighted by atomic mass is 16.5. The highest BCUT2D eigenvalue weighted by Crippen LogP contribution is 2.35. The zero-order valence-corrected chi connectivity index (χ0v) is 15.9. The van der Waals surface area contributed by atoms with Crippen LogP contribution in [0, 0.1) is 13.8 Å². The average Bonchev–Trinajstić information content (AvgIpc) is 3.06. The minimum Gasteiger partial charge on any atom is -0.493 e. The number of aryl methyl sites for hydroxylation is 2. The second-order valence-corrected chi connectivity index (χ2v) is 6.57. The number of rotatable bonds is 5. The third-order valence-electron chi connectivity index (χ3n) is 4.51. The summed E-state index contributed by atoms with van der Waals surface area (Å²) in [6.45, 7) is 8.41. The first-order valence-electron chi connectivity index (χ1n) is 8.84. The van der Waals surface area contributed by atoms with E-state index in [4.69, 9.17) is 9.47 Å². The van der Waals surface area contributed by atoms with E-state index in [0.717, 1.165) is 40.3 Å². The Morgan fingerprint density at radius 3 is 2.88 bits per heavy atom. The number of carbonyl (C=O) groups is 1. The number of aromatic nitrogens is 2. The molecule has 1 unspecified atom stereocenters. The highest BCUT2D eigenvalue weighted by molar-refractivity contribution is 6.02. The molecule has 6 heteroatoms. The van der Waals surface area contributed by atoms with Crippen molar-refractivity contribution >= 4 is 17.8 Å². The summed E-state index contributed by atoms with van der Waals surface area (Å²) in [7, 11) is 1.81. The third-order valence-corrected chi connectivity index (χ3v) is 4.51. The molecule has 1 atom stereocenters. The predicted octanol–water partition coefficient (Wildman–Crippen LogP) is 3.41. The molecule has 1 aromatic carbocycles. The van der Waals surface area contributed by atoms with Gasteiger partial charge in [0.1, 0.15) is 23.4 Å². The topological polar surface area (TPSA) is 65.4 Å². The Hall–Kier alpha value is -2.76. The molecule has 0 bridgehead atoms. The first kappa shape index (κ1) is 18.0.